The normalized spacial score (nSPS) is 42.5. The number of hydrogen-bond donors (Lipinski definition) is 1. The zero-order valence-electron chi connectivity index (χ0n) is 15.5. The van der Waals surface area contributed by atoms with Gasteiger partial charge in [0, 0.05) is 0 Å². The molecule has 1 nitrogen and oxygen atoms in total. The first-order chi connectivity index (χ1) is 11.3. The van der Waals surface area contributed by atoms with Crippen LogP contribution in [-0.2, 0) is 0 Å². The van der Waals surface area contributed by atoms with E-state index in [1.807, 2.05) is 0 Å². The van der Waals surface area contributed by atoms with E-state index in [2.05, 4.69) is 6.92 Å². The molecule has 0 saturated heterocycles. The van der Waals surface area contributed by atoms with Gasteiger partial charge in [0.25, 0.3) is 0 Å². The quantitative estimate of drug-likeness (QED) is 0.626. The van der Waals surface area contributed by atoms with E-state index in [0.29, 0.717) is 0 Å². The minimum absolute atomic E-state index is 0.0184. The van der Waals surface area contributed by atoms with Gasteiger partial charge in [-0.15, -0.1) is 0 Å². The Hall–Kier alpha value is -0.0400. The maximum Gasteiger partial charge on any atom is 0.0543 e. The minimum atomic E-state index is 0.0184. The summed E-state index contributed by atoms with van der Waals surface area (Å²) in [6.45, 7) is 2.33. The van der Waals surface area contributed by atoms with Crippen molar-refractivity contribution in [3.05, 3.63) is 0 Å². The molecule has 3 rings (SSSR count). The molecular formula is C22H40O. The molecule has 3 fully saturated rings. The van der Waals surface area contributed by atoms with Crippen LogP contribution in [0.25, 0.3) is 0 Å². The van der Waals surface area contributed by atoms with Crippen LogP contribution < -0.4 is 0 Å². The van der Waals surface area contributed by atoms with Crippen molar-refractivity contribution < 1.29 is 5.11 Å². The maximum atomic E-state index is 9.95. The number of unbranched alkanes of at least 4 members (excludes halogenated alkanes) is 1. The van der Waals surface area contributed by atoms with Gasteiger partial charge in [0.15, 0.2) is 0 Å². The lowest BCUT2D eigenvalue weighted by molar-refractivity contribution is 0.0554. The molecule has 0 aromatic heterocycles. The first kappa shape index (κ1) is 17.8. The Balaban J connectivity index is 1.38. The van der Waals surface area contributed by atoms with Crippen molar-refractivity contribution in [2.75, 3.05) is 0 Å². The summed E-state index contributed by atoms with van der Waals surface area (Å²) < 4.78 is 0. The summed E-state index contributed by atoms with van der Waals surface area (Å²) in [6, 6.07) is 0. The largest absolute Gasteiger partial charge is 0.393 e. The van der Waals surface area contributed by atoms with Gasteiger partial charge >= 0.3 is 0 Å². The summed E-state index contributed by atoms with van der Waals surface area (Å²) in [6.07, 6.45) is 21.3. The molecule has 23 heavy (non-hydrogen) atoms. The van der Waals surface area contributed by atoms with Gasteiger partial charge in [0.1, 0.15) is 0 Å². The first-order valence-electron chi connectivity index (χ1n) is 10.9. The summed E-state index contributed by atoms with van der Waals surface area (Å²) in [5.74, 6) is 4.97. The van der Waals surface area contributed by atoms with Crippen molar-refractivity contribution in [2.45, 2.75) is 109 Å². The Kier molecular flexibility index (Phi) is 6.86. The van der Waals surface area contributed by atoms with Crippen LogP contribution in [0.2, 0.25) is 0 Å². The third kappa shape index (κ3) is 4.97. The first-order valence-corrected chi connectivity index (χ1v) is 10.9. The standard InChI is InChI=1S/C22H40O/c1-2-3-5-17-8-10-18(11-9-17)19-12-14-20(15-13-19)21-6-4-7-22(23)16-21/h17-23H,2-16H2,1H3. The van der Waals surface area contributed by atoms with Gasteiger partial charge in [0.2, 0.25) is 0 Å². The van der Waals surface area contributed by atoms with E-state index in [1.54, 1.807) is 0 Å². The summed E-state index contributed by atoms with van der Waals surface area (Å²) in [5.41, 5.74) is 0. The van der Waals surface area contributed by atoms with Crippen molar-refractivity contribution in [1.82, 2.24) is 0 Å². The van der Waals surface area contributed by atoms with E-state index in [1.165, 1.54) is 83.5 Å². The average molecular weight is 321 g/mol. The topological polar surface area (TPSA) is 20.2 Å². The van der Waals surface area contributed by atoms with Crippen LogP contribution >= 0.6 is 0 Å². The highest BCUT2D eigenvalue weighted by Gasteiger charge is 2.34. The van der Waals surface area contributed by atoms with E-state index < -0.39 is 0 Å². The van der Waals surface area contributed by atoms with Gasteiger partial charge in [-0.05, 0) is 87.4 Å². The Labute approximate surface area is 144 Å². The molecule has 3 aliphatic carbocycles. The minimum Gasteiger partial charge on any atom is -0.393 e. The third-order valence-corrected chi connectivity index (χ3v) is 7.69. The molecule has 0 spiro atoms. The summed E-state index contributed by atoms with van der Waals surface area (Å²) >= 11 is 0. The number of hydrogen-bond acceptors (Lipinski definition) is 1. The van der Waals surface area contributed by atoms with Crippen molar-refractivity contribution in [2.24, 2.45) is 29.6 Å². The highest BCUT2D eigenvalue weighted by molar-refractivity contribution is 4.86. The lowest BCUT2D eigenvalue weighted by Gasteiger charge is -2.41. The van der Waals surface area contributed by atoms with Crippen LogP contribution in [0.15, 0.2) is 0 Å². The molecule has 0 aromatic carbocycles. The van der Waals surface area contributed by atoms with E-state index >= 15 is 0 Å². The third-order valence-electron chi connectivity index (χ3n) is 7.69. The predicted molar refractivity (Wildman–Crippen MR) is 98.4 cm³/mol. The molecule has 1 N–H and O–H groups in total. The fourth-order valence-corrected chi connectivity index (χ4v) is 6.16. The van der Waals surface area contributed by atoms with Crippen molar-refractivity contribution in [3.8, 4) is 0 Å². The second-order valence-corrected chi connectivity index (χ2v) is 9.18. The average Bonchev–Trinajstić information content (AvgIpc) is 2.61. The fraction of sp³-hybridized carbons (Fsp3) is 1.00. The zero-order valence-corrected chi connectivity index (χ0v) is 15.5. The van der Waals surface area contributed by atoms with Crippen LogP contribution in [0.5, 0.6) is 0 Å². The molecule has 3 aliphatic rings. The smallest absolute Gasteiger partial charge is 0.0543 e. The highest BCUT2D eigenvalue weighted by Crippen LogP contribution is 2.45. The second kappa shape index (κ2) is 8.88. The van der Waals surface area contributed by atoms with E-state index in [9.17, 15) is 5.11 Å². The van der Waals surface area contributed by atoms with Gasteiger partial charge in [-0.1, -0.05) is 45.4 Å². The van der Waals surface area contributed by atoms with Crippen molar-refractivity contribution in [1.29, 1.82) is 0 Å². The van der Waals surface area contributed by atoms with Gasteiger partial charge in [-0.3, -0.25) is 0 Å². The zero-order chi connectivity index (χ0) is 16.1. The summed E-state index contributed by atoms with van der Waals surface area (Å²) in [5, 5.41) is 9.95. The Bertz CT molecular complexity index is 323. The monoisotopic (exact) mass is 320 g/mol. The van der Waals surface area contributed by atoms with E-state index in [4.69, 9.17) is 0 Å². The SMILES string of the molecule is CCCCC1CCC(C2CCC(C3CCCC(O)C3)CC2)CC1. The van der Waals surface area contributed by atoms with Gasteiger partial charge in [-0.2, -0.15) is 0 Å². The Morgan fingerprint density at radius 3 is 1.83 bits per heavy atom. The lowest BCUT2D eigenvalue weighted by atomic mass is 9.65. The van der Waals surface area contributed by atoms with E-state index in [0.717, 1.165) is 42.4 Å². The van der Waals surface area contributed by atoms with E-state index in [-0.39, 0.29) is 6.10 Å². The van der Waals surface area contributed by atoms with Crippen LogP contribution in [0.4, 0.5) is 0 Å². The summed E-state index contributed by atoms with van der Waals surface area (Å²) in [4.78, 5) is 0. The van der Waals surface area contributed by atoms with Crippen LogP contribution in [0.3, 0.4) is 0 Å². The molecule has 0 bridgehead atoms. The fourth-order valence-electron chi connectivity index (χ4n) is 6.16. The highest BCUT2D eigenvalue weighted by atomic mass is 16.3. The molecule has 134 valence electrons. The van der Waals surface area contributed by atoms with Crippen molar-refractivity contribution >= 4 is 0 Å². The molecule has 0 aromatic rings. The molecular weight excluding hydrogens is 280 g/mol. The molecule has 1 heteroatoms. The number of aliphatic hydroxyl groups is 1. The second-order valence-electron chi connectivity index (χ2n) is 9.18. The lowest BCUT2D eigenvalue weighted by Crippen LogP contribution is -2.31. The molecule has 3 saturated carbocycles. The number of aliphatic hydroxyl groups excluding tert-OH is 1. The summed E-state index contributed by atoms with van der Waals surface area (Å²) in [7, 11) is 0. The molecule has 2 unspecified atom stereocenters. The molecule has 2 atom stereocenters. The maximum absolute atomic E-state index is 9.95. The molecule has 0 radical (unpaired) electrons. The van der Waals surface area contributed by atoms with Crippen LogP contribution in [0.1, 0.15) is 103 Å². The molecule has 0 heterocycles. The van der Waals surface area contributed by atoms with Gasteiger partial charge in [-0.25, -0.2) is 0 Å². The number of rotatable bonds is 5. The van der Waals surface area contributed by atoms with Gasteiger partial charge < -0.3 is 5.11 Å². The molecule has 0 amide bonds. The van der Waals surface area contributed by atoms with Crippen LogP contribution in [0, 0.1) is 29.6 Å². The Morgan fingerprint density at radius 2 is 1.26 bits per heavy atom. The van der Waals surface area contributed by atoms with Gasteiger partial charge in [0.05, 0.1) is 6.10 Å². The molecule has 0 aliphatic heterocycles. The predicted octanol–water partition coefficient (Wildman–Crippen LogP) is 6.34. The van der Waals surface area contributed by atoms with Crippen molar-refractivity contribution in [3.63, 3.8) is 0 Å². The van der Waals surface area contributed by atoms with Crippen LogP contribution in [-0.4, -0.2) is 11.2 Å². The Morgan fingerprint density at radius 1 is 0.696 bits per heavy atom.